The van der Waals surface area contributed by atoms with Crippen molar-refractivity contribution >= 4 is 29.9 Å². The molecule has 0 aliphatic carbocycles. The van der Waals surface area contributed by atoms with Crippen molar-refractivity contribution in [3.63, 3.8) is 0 Å². The van der Waals surface area contributed by atoms with E-state index < -0.39 is 6.04 Å². The minimum Gasteiger partial charge on any atom is -0.359 e. The van der Waals surface area contributed by atoms with Crippen LogP contribution in [0.5, 0.6) is 0 Å². The first-order valence-corrected chi connectivity index (χ1v) is 14.3. The van der Waals surface area contributed by atoms with Gasteiger partial charge in [-0.2, -0.15) is 0 Å². The third-order valence-electron chi connectivity index (χ3n) is 6.85. The summed E-state index contributed by atoms with van der Waals surface area (Å²) in [6, 6.07) is 6.51. The third-order valence-corrected chi connectivity index (χ3v) is 8.04. The molecule has 1 atom stereocenters. The van der Waals surface area contributed by atoms with E-state index in [2.05, 4.69) is 44.0 Å². The number of benzene rings is 1. The zero-order chi connectivity index (χ0) is 25.8. The second-order valence-electron chi connectivity index (χ2n) is 10.0. The highest BCUT2D eigenvalue weighted by Gasteiger charge is 2.34. The van der Waals surface area contributed by atoms with E-state index in [4.69, 9.17) is 0 Å². The van der Waals surface area contributed by atoms with E-state index in [0.29, 0.717) is 30.6 Å². The van der Waals surface area contributed by atoms with Gasteiger partial charge in [-0.05, 0) is 77.0 Å². The van der Waals surface area contributed by atoms with Crippen LogP contribution in [0.25, 0.3) is 0 Å². The molecule has 35 heavy (non-hydrogen) atoms. The van der Waals surface area contributed by atoms with Crippen LogP contribution in [0, 0.1) is 0 Å². The Morgan fingerprint density at radius 2 is 1.74 bits per heavy atom. The molecule has 1 aliphatic heterocycles. The van der Waals surface area contributed by atoms with E-state index in [1.165, 1.54) is 45.1 Å². The molecule has 2 amide bonds. The molecule has 7 heteroatoms. The van der Waals surface area contributed by atoms with Crippen molar-refractivity contribution < 1.29 is 14.4 Å². The van der Waals surface area contributed by atoms with Gasteiger partial charge in [0.15, 0.2) is 0 Å². The summed E-state index contributed by atoms with van der Waals surface area (Å²) in [6.07, 6.45) is 8.91. The van der Waals surface area contributed by atoms with Crippen LogP contribution in [0.2, 0.25) is 0 Å². The molecule has 2 rings (SSSR count). The van der Waals surface area contributed by atoms with E-state index in [0.717, 1.165) is 22.5 Å². The average Bonchev–Trinajstić information content (AvgIpc) is 3.17. The Morgan fingerprint density at radius 3 is 2.37 bits per heavy atom. The summed E-state index contributed by atoms with van der Waals surface area (Å²) >= 11 is 1.81. The number of carbonyl (C=O) groups is 3. The maximum atomic E-state index is 12.9. The van der Waals surface area contributed by atoms with Gasteiger partial charge in [0.05, 0.1) is 6.04 Å². The third kappa shape index (κ3) is 8.94. The molecule has 6 nitrogen and oxygen atoms in total. The normalized spacial score (nSPS) is 14.2. The molecular weight excluding hydrogens is 458 g/mol. The van der Waals surface area contributed by atoms with Gasteiger partial charge >= 0.3 is 0 Å². The summed E-state index contributed by atoms with van der Waals surface area (Å²) in [5, 5.41) is 2.57. The Balaban J connectivity index is 1.73. The van der Waals surface area contributed by atoms with Gasteiger partial charge in [-0.3, -0.25) is 14.5 Å². The molecule has 0 bridgehead atoms. The predicted octanol–water partition coefficient (Wildman–Crippen LogP) is 5.29. The van der Waals surface area contributed by atoms with E-state index in [9.17, 15) is 14.4 Å². The molecular formula is C28H45N3O3S. The van der Waals surface area contributed by atoms with Crippen LogP contribution in [0.1, 0.15) is 95.0 Å². The monoisotopic (exact) mass is 503 g/mol. The van der Waals surface area contributed by atoms with Gasteiger partial charge in [0.1, 0.15) is 6.29 Å². The van der Waals surface area contributed by atoms with Crippen molar-refractivity contribution in [2.45, 2.75) is 109 Å². The van der Waals surface area contributed by atoms with Gasteiger partial charge in [0.25, 0.3) is 5.91 Å². The standard InChI is InChI=1S/C28H45N3O3S/c1-21(2)30(22(3)4)17-10-8-6-7-9-11-18-35-26-14-12-13-24-25(26)19-31(28(24)34)23(20-32)15-16-27(33)29-5/h12-14,20-23H,6-11,15-19H2,1-5H3,(H,29,33). The topological polar surface area (TPSA) is 69.7 Å². The van der Waals surface area contributed by atoms with Crippen LogP contribution in [0.3, 0.4) is 0 Å². The van der Waals surface area contributed by atoms with E-state index in [1.54, 1.807) is 11.9 Å². The number of fused-ring (bicyclic) bond motifs is 1. The fourth-order valence-electron chi connectivity index (χ4n) is 4.83. The minimum atomic E-state index is -0.571. The average molecular weight is 504 g/mol. The number of nitrogens with zero attached hydrogens (tertiary/aromatic N) is 2. The second kappa shape index (κ2) is 15.3. The second-order valence-corrected chi connectivity index (χ2v) is 11.2. The molecule has 1 heterocycles. The number of unbranched alkanes of at least 4 members (excludes halogenated alkanes) is 5. The van der Waals surface area contributed by atoms with Crippen molar-refractivity contribution in [2.24, 2.45) is 0 Å². The van der Waals surface area contributed by atoms with Gasteiger partial charge in [0.2, 0.25) is 5.91 Å². The van der Waals surface area contributed by atoms with Crippen molar-refractivity contribution in [3.8, 4) is 0 Å². The van der Waals surface area contributed by atoms with Crippen LogP contribution in [0.4, 0.5) is 0 Å². The summed E-state index contributed by atoms with van der Waals surface area (Å²) < 4.78 is 0. The number of carbonyl (C=O) groups excluding carboxylic acids is 3. The Bertz CT molecular complexity index is 820. The maximum Gasteiger partial charge on any atom is 0.255 e. The first kappa shape index (κ1) is 29.4. The van der Waals surface area contributed by atoms with Crippen LogP contribution < -0.4 is 5.32 Å². The summed E-state index contributed by atoms with van der Waals surface area (Å²) in [5.74, 6) is 0.808. The van der Waals surface area contributed by atoms with Crippen LogP contribution in [-0.4, -0.2) is 65.4 Å². The Morgan fingerprint density at radius 1 is 1.09 bits per heavy atom. The molecule has 1 N–H and O–H groups in total. The highest BCUT2D eigenvalue weighted by Crippen LogP contribution is 2.34. The lowest BCUT2D eigenvalue weighted by molar-refractivity contribution is -0.121. The molecule has 0 saturated heterocycles. The summed E-state index contributed by atoms with van der Waals surface area (Å²) in [7, 11) is 1.58. The lowest BCUT2D eigenvalue weighted by atomic mass is 10.1. The Hall–Kier alpha value is -1.86. The largest absolute Gasteiger partial charge is 0.359 e. The quantitative estimate of drug-likeness (QED) is 0.178. The molecule has 0 aromatic heterocycles. The molecule has 0 saturated carbocycles. The van der Waals surface area contributed by atoms with Crippen molar-refractivity contribution in [2.75, 3.05) is 19.3 Å². The number of thioether (sulfide) groups is 1. The summed E-state index contributed by atoms with van der Waals surface area (Å²) in [5.41, 5.74) is 1.72. The van der Waals surface area contributed by atoms with Gasteiger partial charge < -0.3 is 15.0 Å². The van der Waals surface area contributed by atoms with Crippen LogP contribution in [0.15, 0.2) is 23.1 Å². The first-order chi connectivity index (χ1) is 16.8. The fourth-order valence-corrected chi connectivity index (χ4v) is 5.92. The zero-order valence-electron chi connectivity index (χ0n) is 22.3. The summed E-state index contributed by atoms with van der Waals surface area (Å²) in [6.45, 7) is 10.8. The molecule has 1 unspecified atom stereocenters. The molecule has 1 aromatic rings. The van der Waals surface area contributed by atoms with Gasteiger partial charge in [0, 0.05) is 42.6 Å². The SMILES string of the molecule is CNC(=O)CCC(C=O)N1Cc2c(SCCCCCCCCN(C(C)C)C(C)C)cccc2C1=O. The molecule has 1 aliphatic rings. The van der Waals surface area contributed by atoms with Gasteiger partial charge in [-0.1, -0.05) is 31.7 Å². The predicted molar refractivity (Wildman–Crippen MR) is 145 cm³/mol. The highest BCUT2D eigenvalue weighted by atomic mass is 32.2. The molecule has 0 spiro atoms. The number of aldehydes is 1. The lowest BCUT2D eigenvalue weighted by Gasteiger charge is -2.30. The maximum absolute atomic E-state index is 12.9. The Kier molecular flexibility index (Phi) is 12.8. The van der Waals surface area contributed by atoms with Crippen molar-refractivity contribution in [3.05, 3.63) is 29.3 Å². The smallest absolute Gasteiger partial charge is 0.255 e. The van der Waals surface area contributed by atoms with Gasteiger partial charge in [-0.25, -0.2) is 0 Å². The fraction of sp³-hybridized carbons (Fsp3) is 0.679. The minimum absolute atomic E-state index is 0.107. The summed E-state index contributed by atoms with van der Waals surface area (Å²) in [4.78, 5) is 41.5. The van der Waals surface area contributed by atoms with E-state index >= 15 is 0 Å². The van der Waals surface area contributed by atoms with Crippen LogP contribution in [-0.2, 0) is 16.1 Å². The number of hydrogen-bond donors (Lipinski definition) is 1. The number of rotatable bonds is 17. The number of amides is 2. The molecule has 0 fully saturated rings. The van der Waals surface area contributed by atoms with Gasteiger partial charge in [-0.15, -0.1) is 11.8 Å². The molecule has 1 aromatic carbocycles. The van der Waals surface area contributed by atoms with E-state index in [1.807, 2.05) is 23.9 Å². The zero-order valence-corrected chi connectivity index (χ0v) is 23.2. The van der Waals surface area contributed by atoms with E-state index in [-0.39, 0.29) is 18.2 Å². The number of nitrogens with one attached hydrogen (secondary N) is 1. The first-order valence-electron chi connectivity index (χ1n) is 13.3. The van der Waals surface area contributed by atoms with Crippen molar-refractivity contribution in [1.82, 2.24) is 15.1 Å². The molecule has 196 valence electrons. The van der Waals surface area contributed by atoms with Crippen molar-refractivity contribution in [1.29, 1.82) is 0 Å². The Labute approximate surface area is 216 Å². The highest BCUT2D eigenvalue weighted by molar-refractivity contribution is 7.99. The lowest BCUT2D eigenvalue weighted by Crippen LogP contribution is -2.37. The van der Waals surface area contributed by atoms with Crippen LogP contribution >= 0.6 is 11.8 Å². The number of hydrogen-bond acceptors (Lipinski definition) is 5. The molecule has 0 radical (unpaired) electrons.